The molecule has 1 atom stereocenters. The van der Waals surface area contributed by atoms with E-state index >= 15 is 0 Å². The molecule has 2 aromatic heterocycles. The van der Waals surface area contributed by atoms with Gasteiger partial charge in [0.1, 0.15) is 5.82 Å². The van der Waals surface area contributed by atoms with Gasteiger partial charge in [0.15, 0.2) is 0 Å². The van der Waals surface area contributed by atoms with E-state index in [2.05, 4.69) is 36.1 Å². The van der Waals surface area contributed by atoms with Crippen LogP contribution >= 0.6 is 0 Å². The Morgan fingerprint density at radius 1 is 1.15 bits per heavy atom. The van der Waals surface area contributed by atoms with E-state index in [1.807, 2.05) is 48.5 Å². The Bertz CT molecular complexity index is 1320. The van der Waals surface area contributed by atoms with E-state index < -0.39 is 6.04 Å². The largest absolute Gasteiger partial charge is 0.394 e. The molecule has 0 aliphatic carbocycles. The second kappa shape index (κ2) is 9.28. The van der Waals surface area contributed by atoms with E-state index in [0.29, 0.717) is 41.9 Å². The average molecular weight is 457 g/mol. The third-order valence-corrected chi connectivity index (χ3v) is 5.51. The Kier molecular flexibility index (Phi) is 5.88. The van der Waals surface area contributed by atoms with Crippen molar-refractivity contribution in [3.8, 4) is 11.4 Å². The lowest BCUT2D eigenvalue weighted by Crippen LogP contribution is -2.19. The summed E-state index contributed by atoms with van der Waals surface area (Å²) in [5.41, 5.74) is 4.12. The van der Waals surface area contributed by atoms with Crippen LogP contribution in [-0.2, 0) is 11.2 Å². The van der Waals surface area contributed by atoms with Gasteiger partial charge in [-0.3, -0.25) is 4.79 Å². The Labute approximate surface area is 195 Å². The standard InChI is InChI=1S/C24H23N7O3/c1-14-26-23(31-34-14)18-12-25-24(27-17-8-9-19-16(11-17)7-10-21(33)28-19)30-22(18)29-20(13-32)15-5-3-2-4-6-15/h2-6,8-9,11-12,20,32H,7,10,13H2,1H3,(H,28,33)(H2,25,27,29,30)/t20-/m1/s1. The van der Waals surface area contributed by atoms with Gasteiger partial charge in [0.05, 0.1) is 18.2 Å². The molecule has 0 saturated heterocycles. The molecule has 0 spiro atoms. The van der Waals surface area contributed by atoms with Crippen molar-refractivity contribution in [2.75, 3.05) is 22.6 Å². The fraction of sp³-hybridized carbons (Fsp3) is 0.208. The molecule has 0 fully saturated rings. The molecule has 4 N–H and O–H groups in total. The van der Waals surface area contributed by atoms with Crippen LogP contribution in [0, 0.1) is 6.92 Å². The van der Waals surface area contributed by atoms with Gasteiger partial charge in [-0.05, 0) is 35.7 Å². The van der Waals surface area contributed by atoms with Crippen LogP contribution in [0.5, 0.6) is 0 Å². The van der Waals surface area contributed by atoms with E-state index in [1.54, 1.807) is 13.1 Å². The van der Waals surface area contributed by atoms with Gasteiger partial charge < -0.3 is 25.6 Å². The molecule has 0 saturated carbocycles. The predicted molar refractivity (Wildman–Crippen MR) is 127 cm³/mol. The summed E-state index contributed by atoms with van der Waals surface area (Å²) in [6.45, 7) is 1.57. The van der Waals surface area contributed by atoms with Gasteiger partial charge in [-0.2, -0.15) is 9.97 Å². The Hall–Kier alpha value is -4.31. The van der Waals surface area contributed by atoms with Gasteiger partial charge in [-0.25, -0.2) is 4.98 Å². The lowest BCUT2D eigenvalue weighted by Gasteiger charge is -2.20. The number of aromatic nitrogens is 4. The molecule has 4 aromatic rings. The van der Waals surface area contributed by atoms with Gasteiger partial charge in [0, 0.05) is 30.9 Å². The number of anilines is 4. The molecule has 172 valence electrons. The minimum atomic E-state index is -0.400. The average Bonchev–Trinajstić information content (AvgIpc) is 3.29. The number of aliphatic hydroxyl groups excluding tert-OH is 1. The molecule has 0 unspecified atom stereocenters. The van der Waals surface area contributed by atoms with Crippen molar-refractivity contribution in [1.82, 2.24) is 20.1 Å². The molecule has 2 aromatic carbocycles. The van der Waals surface area contributed by atoms with Crippen molar-refractivity contribution in [3.63, 3.8) is 0 Å². The number of aliphatic hydroxyl groups is 1. The van der Waals surface area contributed by atoms with E-state index in [0.717, 1.165) is 22.5 Å². The van der Waals surface area contributed by atoms with Gasteiger partial charge in [-0.1, -0.05) is 35.5 Å². The van der Waals surface area contributed by atoms with Crippen molar-refractivity contribution in [3.05, 3.63) is 71.7 Å². The van der Waals surface area contributed by atoms with Crippen LogP contribution in [0.1, 0.15) is 29.5 Å². The molecular formula is C24H23N7O3. The van der Waals surface area contributed by atoms with Gasteiger partial charge in [-0.15, -0.1) is 0 Å². The van der Waals surface area contributed by atoms with Gasteiger partial charge in [0.25, 0.3) is 0 Å². The lowest BCUT2D eigenvalue weighted by molar-refractivity contribution is -0.116. The highest BCUT2D eigenvalue weighted by molar-refractivity contribution is 5.94. The summed E-state index contributed by atoms with van der Waals surface area (Å²) in [7, 11) is 0. The predicted octanol–water partition coefficient (Wildman–Crippen LogP) is 3.61. The molecule has 0 bridgehead atoms. The molecule has 0 radical (unpaired) electrons. The zero-order valence-corrected chi connectivity index (χ0v) is 18.4. The molecule has 1 amide bonds. The Balaban J connectivity index is 1.47. The number of benzene rings is 2. The second-order valence-electron chi connectivity index (χ2n) is 7.93. The summed E-state index contributed by atoms with van der Waals surface area (Å²) in [6, 6.07) is 14.9. The quantitative estimate of drug-likeness (QED) is 0.328. The number of fused-ring (bicyclic) bond motifs is 1. The van der Waals surface area contributed by atoms with Gasteiger partial charge >= 0.3 is 0 Å². The number of nitrogens with one attached hydrogen (secondary N) is 3. The number of carbonyl (C=O) groups excluding carboxylic acids is 1. The second-order valence-corrected chi connectivity index (χ2v) is 7.93. The fourth-order valence-electron chi connectivity index (χ4n) is 3.80. The number of rotatable bonds is 7. The molecular weight excluding hydrogens is 434 g/mol. The zero-order valence-electron chi connectivity index (χ0n) is 18.4. The van der Waals surface area contributed by atoms with Gasteiger partial charge in [0.2, 0.25) is 23.6 Å². The number of hydrogen-bond donors (Lipinski definition) is 4. The van der Waals surface area contributed by atoms with Crippen LogP contribution < -0.4 is 16.0 Å². The van der Waals surface area contributed by atoms with Crippen molar-refractivity contribution in [2.45, 2.75) is 25.8 Å². The first-order valence-electron chi connectivity index (χ1n) is 10.9. The maximum absolute atomic E-state index is 11.6. The highest BCUT2D eigenvalue weighted by atomic mass is 16.5. The van der Waals surface area contributed by atoms with Crippen molar-refractivity contribution < 1.29 is 14.4 Å². The summed E-state index contributed by atoms with van der Waals surface area (Å²) in [5.74, 6) is 1.60. The van der Waals surface area contributed by atoms with Crippen LogP contribution in [0.3, 0.4) is 0 Å². The summed E-state index contributed by atoms with van der Waals surface area (Å²) < 4.78 is 5.14. The summed E-state index contributed by atoms with van der Waals surface area (Å²) in [4.78, 5) is 25.0. The first kappa shape index (κ1) is 21.5. The minimum Gasteiger partial charge on any atom is -0.394 e. The highest BCUT2D eigenvalue weighted by Gasteiger charge is 2.19. The first-order chi connectivity index (χ1) is 16.6. The summed E-state index contributed by atoms with van der Waals surface area (Å²) >= 11 is 0. The minimum absolute atomic E-state index is 0.0244. The zero-order chi connectivity index (χ0) is 23.5. The van der Waals surface area contributed by atoms with E-state index in [4.69, 9.17) is 4.52 Å². The number of nitrogens with zero attached hydrogens (tertiary/aromatic N) is 4. The molecule has 34 heavy (non-hydrogen) atoms. The monoisotopic (exact) mass is 457 g/mol. The van der Waals surface area contributed by atoms with Crippen molar-refractivity contribution in [1.29, 1.82) is 0 Å². The van der Waals surface area contributed by atoms with Crippen molar-refractivity contribution >= 4 is 29.0 Å². The van der Waals surface area contributed by atoms with Crippen LogP contribution in [0.4, 0.5) is 23.1 Å². The number of hydrogen-bond acceptors (Lipinski definition) is 9. The van der Waals surface area contributed by atoms with Crippen LogP contribution in [0.2, 0.25) is 0 Å². The Morgan fingerprint density at radius 2 is 2.00 bits per heavy atom. The third-order valence-electron chi connectivity index (χ3n) is 5.51. The Morgan fingerprint density at radius 3 is 2.76 bits per heavy atom. The lowest BCUT2D eigenvalue weighted by atomic mass is 10.0. The normalized spacial score (nSPS) is 13.6. The molecule has 1 aliphatic heterocycles. The van der Waals surface area contributed by atoms with Crippen molar-refractivity contribution in [2.24, 2.45) is 0 Å². The maximum Gasteiger partial charge on any atom is 0.229 e. The third kappa shape index (κ3) is 4.57. The van der Waals surface area contributed by atoms with E-state index in [1.165, 1.54) is 0 Å². The SMILES string of the molecule is Cc1nc(-c2cnc(Nc3ccc4c(c3)CCC(=O)N4)nc2N[C@H](CO)c2ccccc2)no1. The smallest absolute Gasteiger partial charge is 0.229 e. The topological polar surface area (TPSA) is 138 Å². The molecule has 5 rings (SSSR count). The van der Waals surface area contributed by atoms with Crippen LogP contribution in [0.15, 0.2) is 59.3 Å². The molecule has 3 heterocycles. The first-order valence-corrected chi connectivity index (χ1v) is 10.9. The van der Waals surface area contributed by atoms with E-state index in [-0.39, 0.29) is 12.5 Å². The summed E-state index contributed by atoms with van der Waals surface area (Å²) in [6.07, 6.45) is 2.75. The molecule has 1 aliphatic rings. The summed E-state index contributed by atoms with van der Waals surface area (Å²) in [5, 5.41) is 23.4. The molecule has 10 nitrogen and oxygen atoms in total. The van der Waals surface area contributed by atoms with Crippen LogP contribution in [-0.4, -0.2) is 37.7 Å². The number of carbonyl (C=O) groups is 1. The molecule has 10 heteroatoms. The fourth-order valence-corrected chi connectivity index (χ4v) is 3.80. The highest BCUT2D eigenvalue weighted by Crippen LogP contribution is 2.30. The maximum atomic E-state index is 11.6. The number of amides is 1. The number of aryl methyl sites for hydroxylation is 2. The van der Waals surface area contributed by atoms with E-state index in [9.17, 15) is 9.90 Å². The van der Waals surface area contributed by atoms with Crippen LogP contribution in [0.25, 0.3) is 11.4 Å².